The summed E-state index contributed by atoms with van der Waals surface area (Å²) in [5, 5.41) is 0. The average molecular weight is 422 g/mol. The van der Waals surface area contributed by atoms with Gasteiger partial charge >= 0.3 is 19.8 Å². The van der Waals surface area contributed by atoms with Gasteiger partial charge in [0.25, 0.3) is 0 Å². The molecule has 0 heterocycles. The minimum absolute atomic E-state index is 0.388. The smallest absolute Gasteiger partial charge is 0.423 e. The molecule has 156 valence electrons. The van der Waals surface area contributed by atoms with Gasteiger partial charge in [-0.2, -0.15) is 0 Å². The Bertz CT molecular complexity index is 785. The number of hydrogen-bond donors (Lipinski definition) is 3. The molecular weight excluding hydrogens is 399 g/mol. The second kappa shape index (κ2) is 13.2. The van der Waals surface area contributed by atoms with Crippen LogP contribution in [0.15, 0.2) is 85.0 Å². The normalized spacial score (nSPS) is 9.55. The predicted octanol–water partition coefficient (Wildman–Crippen LogP) is 3.41. The zero-order valence-corrected chi connectivity index (χ0v) is 16.9. The summed E-state index contributed by atoms with van der Waals surface area (Å²) in [6, 6.07) is 17.8. The zero-order valence-electron chi connectivity index (χ0n) is 16.0. The van der Waals surface area contributed by atoms with Crippen LogP contribution in [0.4, 0.5) is 0 Å². The maximum absolute atomic E-state index is 11.0. The molecule has 0 fully saturated rings. The van der Waals surface area contributed by atoms with Crippen LogP contribution in [0.1, 0.15) is 13.8 Å². The maximum atomic E-state index is 11.0. The minimum atomic E-state index is -4.64. The second-order valence-electron chi connectivity index (χ2n) is 5.48. The maximum Gasteiger partial charge on any atom is 0.466 e. The Hall–Kier alpha value is -3.03. The Morgan fingerprint density at radius 3 is 1.17 bits per heavy atom. The van der Waals surface area contributed by atoms with E-state index in [1.54, 1.807) is 62.4 Å². The van der Waals surface area contributed by atoms with E-state index in [2.05, 4.69) is 13.2 Å². The molecule has 29 heavy (non-hydrogen) atoms. The van der Waals surface area contributed by atoms with Crippen LogP contribution in [0.5, 0.6) is 11.5 Å². The Morgan fingerprint density at radius 1 is 0.724 bits per heavy atom. The molecule has 9 heteroatoms. The van der Waals surface area contributed by atoms with Gasteiger partial charge in [-0.3, -0.25) is 0 Å². The van der Waals surface area contributed by atoms with Gasteiger partial charge in [0.15, 0.2) is 0 Å². The van der Waals surface area contributed by atoms with Crippen LogP contribution in [0.2, 0.25) is 0 Å². The van der Waals surface area contributed by atoms with Gasteiger partial charge in [0.2, 0.25) is 0 Å². The number of hydrogen-bond acceptors (Lipinski definition) is 5. The molecule has 0 radical (unpaired) electrons. The third-order valence-corrected chi connectivity index (χ3v) is 2.60. The first kappa shape index (κ1) is 26.0. The van der Waals surface area contributed by atoms with Crippen molar-refractivity contribution in [2.45, 2.75) is 13.8 Å². The second-order valence-corrected chi connectivity index (χ2v) is 6.51. The number of carbonyl (C=O) groups is 2. The fraction of sp³-hybridized carbons (Fsp3) is 0.100. The summed E-state index contributed by atoms with van der Waals surface area (Å²) in [6.07, 6.45) is 0. The van der Waals surface area contributed by atoms with Gasteiger partial charge < -0.3 is 24.2 Å². The van der Waals surface area contributed by atoms with E-state index in [0.717, 1.165) is 0 Å². The molecule has 2 aromatic carbocycles. The molecule has 2 rings (SSSR count). The number of para-hydroxylation sites is 2. The Balaban J connectivity index is 0.000000442. The first-order valence-corrected chi connectivity index (χ1v) is 9.60. The molecule has 0 aliphatic rings. The van der Waals surface area contributed by atoms with Crippen molar-refractivity contribution in [3.05, 3.63) is 85.0 Å². The van der Waals surface area contributed by atoms with Crippen molar-refractivity contribution < 1.29 is 38.3 Å². The van der Waals surface area contributed by atoms with Gasteiger partial charge in [-0.25, -0.2) is 14.2 Å². The quantitative estimate of drug-likeness (QED) is 0.296. The molecule has 0 atom stereocenters. The zero-order chi connectivity index (χ0) is 22.4. The molecule has 3 N–H and O–H groups in total. The molecule has 0 aliphatic heterocycles. The van der Waals surface area contributed by atoms with Gasteiger partial charge in [-0.15, -0.1) is 0 Å². The third-order valence-electron chi connectivity index (χ3n) is 2.60. The highest BCUT2D eigenvalue weighted by Crippen LogP contribution is 2.25. The van der Waals surface area contributed by atoms with E-state index in [1.165, 1.54) is 0 Å². The van der Waals surface area contributed by atoms with E-state index < -0.39 is 7.82 Å². The molecular formula is C20H23O8P. The van der Waals surface area contributed by atoms with Crippen LogP contribution in [0, 0.1) is 0 Å². The van der Waals surface area contributed by atoms with Crippen molar-refractivity contribution in [2.75, 3.05) is 0 Å². The number of rotatable bonds is 4. The summed E-state index contributed by atoms with van der Waals surface area (Å²) < 4.78 is 18.8. The largest absolute Gasteiger partial charge is 0.466 e. The molecule has 0 aliphatic carbocycles. The molecule has 2 aromatic rings. The van der Waals surface area contributed by atoms with E-state index >= 15 is 0 Å². The summed E-state index contributed by atoms with van der Waals surface area (Å²) in [5.41, 5.74) is 0.803. The molecule has 8 nitrogen and oxygen atoms in total. The van der Waals surface area contributed by atoms with Crippen molar-refractivity contribution in [1.82, 2.24) is 0 Å². The van der Waals surface area contributed by atoms with Gasteiger partial charge in [0, 0.05) is 11.1 Å². The Morgan fingerprint density at radius 2 is 0.966 bits per heavy atom. The number of phosphoric acid groups is 1. The molecule has 0 aromatic heterocycles. The SMILES string of the molecule is C=C(C)C(=O)Oc1ccccc1.C=C(C)C(=O)Oc1ccccc1.O=P(O)(O)O. The average Bonchev–Trinajstić information content (AvgIpc) is 2.62. The van der Waals surface area contributed by atoms with Crippen molar-refractivity contribution in [3.63, 3.8) is 0 Å². The summed E-state index contributed by atoms with van der Waals surface area (Å²) >= 11 is 0. The molecule has 0 saturated heterocycles. The highest BCUT2D eigenvalue weighted by Gasteiger charge is 2.04. The number of ether oxygens (including phenoxy) is 2. The molecule has 0 spiro atoms. The minimum Gasteiger partial charge on any atom is -0.423 e. The monoisotopic (exact) mass is 422 g/mol. The van der Waals surface area contributed by atoms with Crippen LogP contribution >= 0.6 is 7.82 Å². The predicted molar refractivity (Wildman–Crippen MR) is 108 cm³/mol. The van der Waals surface area contributed by atoms with Gasteiger partial charge in [0.1, 0.15) is 11.5 Å². The molecule has 0 amide bonds. The molecule has 0 bridgehead atoms. The Labute approximate surface area is 169 Å². The number of carbonyl (C=O) groups excluding carboxylic acids is 2. The molecule has 0 unspecified atom stereocenters. The fourth-order valence-electron chi connectivity index (χ4n) is 1.37. The number of esters is 2. The van der Waals surface area contributed by atoms with Crippen LogP contribution in [0.25, 0.3) is 0 Å². The highest BCUT2D eigenvalue weighted by atomic mass is 31.2. The summed E-state index contributed by atoms with van der Waals surface area (Å²) in [7, 11) is -4.64. The van der Waals surface area contributed by atoms with E-state index in [-0.39, 0.29) is 11.9 Å². The summed E-state index contributed by atoms with van der Waals surface area (Å²) in [6.45, 7) is 10.2. The van der Waals surface area contributed by atoms with Crippen molar-refractivity contribution >= 4 is 19.8 Å². The first-order valence-electron chi connectivity index (χ1n) is 8.04. The number of benzene rings is 2. The van der Waals surface area contributed by atoms with Crippen LogP contribution < -0.4 is 9.47 Å². The van der Waals surface area contributed by atoms with E-state index in [4.69, 9.17) is 28.7 Å². The van der Waals surface area contributed by atoms with E-state index in [1.807, 2.05) is 12.1 Å². The van der Waals surface area contributed by atoms with E-state index in [0.29, 0.717) is 22.6 Å². The van der Waals surface area contributed by atoms with Crippen molar-refractivity contribution in [1.29, 1.82) is 0 Å². The summed E-state index contributed by atoms with van der Waals surface area (Å²) in [4.78, 5) is 43.5. The summed E-state index contributed by atoms with van der Waals surface area (Å²) in [5.74, 6) is 0.318. The first-order chi connectivity index (χ1) is 13.4. The topological polar surface area (TPSA) is 130 Å². The fourth-order valence-corrected chi connectivity index (χ4v) is 1.37. The van der Waals surface area contributed by atoms with Crippen LogP contribution in [0.3, 0.4) is 0 Å². The lowest BCUT2D eigenvalue weighted by Gasteiger charge is -2.01. The van der Waals surface area contributed by atoms with E-state index in [9.17, 15) is 9.59 Å². The standard InChI is InChI=1S/2C10H10O2.H3O4P/c2*1-8(2)10(11)12-9-6-4-3-5-7-9;1-5(2,3)4/h2*3-7H,1H2,2H3;(H3,1,2,3,4). The van der Waals surface area contributed by atoms with Gasteiger partial charge in [0.05, 0.1) is 0 Å². The third kappa shape index (κ3) is 15.7. The lowest BCUT2D eigenvalue weighted by Crippen LogP contribution is -2.07. The highest BCUT2D eigenvalue weighted by molar-refractivity contribution is 7.45. The molecule has 0 saturated carbocycles. The van der Waals surface area contributed by atoms with Crippen LogP contribution in [-0.4, -0.2) is 26.6 Å². The van der Waals surface area contributed by atoms with Crippen molar-refractivity contribution in [2.24, 2.45) is 0 Å². The van der Waals surface area contributed by atoms with Gasteiger partial charge in [-0.05, 0) is 38.1 Å². The van der Waals surface area contributed by atoms with Gasteiger partial charge in [-0.1, -0.05) is 49.6 Å². The van der Waals surface area contributed by atoms with Crippen LogP contribution in [-0.2, 0) is 14.2 Å². The lowest BCUT2D eigenvalue weighted by atomic mass is 10.3. The lowest BCUT2D eigenvalue weighted by molar-refractivity contribution is -0.130. The Kier molecular flexibility index (Phi) is 11.8. The van der Waals surface area contributed by atoms with Crippen molar-refractivity contribution in [3.8, 4) is 11.5 Å².